The zero-order valence-corrected chi connectivity index (χ0v) is 16.1. The van der Waals surface area contributed by atoms with Gasteiger partial charge >= 0.3 is 0 Å². The third kappa shape index (κ3) is 4.70. The zero-order chi connectivity index (χ0) is 15.6. The number of amides is 1. The van der Waals surface area contributed by atoms with Crippen molar-refractivity contribution in [3.05, 3.63) is 39.2 Å². The average molecular weight is 380 g/mol. The molecule has 130 valence electrons. The summed E-state index contributed by atoms with van der Waals surface area (Å²) in [5.41, 5.74) is 7.03. The van der Waals surface area contributed by atoms with Crippen LogP contribution in [-0.2, 0) is 13.0 Å². The first-order chi connectivity index (χ1) is 9.97. The van der Waals surface area contributed by atoms with Crippen LogP contribution in [0.1, 0.15) is 51.6 Å². The molecule has 0 aliphatic carbocycles. The fourth-order valence-corrected chi connectivity index (χ4v) is 3.26. The highest BCUT2D eigenvalue weighted by atomic mass is 35.5. The van der Waals surface area contributed by atoms with Crippen LogP contribution in [0.2, 0.25) is 0 Å². The molecular weight excluding hydrogens is 357 g/mol. The molecule has 0 bridgehead atoms. The molecule has 1 amide bonds. The second-order valence-electron chi connectivity index (χ2n) is 5.01. The Morgan fingerprint density at radius 3 is 2.61 bits per heavy atom. The molecule has 0 saturated heterocycles. The fraction of sp³-hybridized carbons (Fsp3) is 0.467. The molecule has 0 radical (unpaired) electrons. The first-order valence-corrected chi connectivity index (χ1v) is 7.80. The molecule has 5 nitrogen and oxygen atoms in total. The van der Waals surface area contributed by atoms with Crippen molar-refractivity contribution < 1.29 is 9.21 Å². The zero-order valence-electron chi connectivity index (χ0n) is 13.7. The van der Waals surface area contributed by atoms with Crippen molar-refractivity contribution in [2.45, 2.75) is 39.8 Å². The Balaban J connectivity index is 0.00000242. The molecule has 2 aromatic rings. The van der Waals surface area contributed by atoms with E-state index in [9.17, 15) is 4.79 Å². The molecule has 2 N–H and O–H groups in total. The van der Waals surface area contributed by atoms with Gasteiger partial charge in [0.15, 0.2) is 0 Å². The Morgan fingerprint density at radius 2 is 2.13 bits per heavy atom. The Bertz CT molecular complexity index is 642. The van der Waals surface area contributed by atoms with Gasteiger partial charge < -0.3 is 15.1 Å². The molecule has 1 atom stereocenters. The standard InChI is InChI=1S/C15H21N3O2S.2ClH/c1-5-13-17-9(2)14(21-13)10(3)18(4)15(19)11-6-12(7-16)20-8-11;;/h6,8,10H,5,7,16H2,1-4H3;2*1H. The third-order valence-electron chi connectivity index (χ3n) is 3.56. The largest absolute Gasteiger partial charge is 0.467 e. The van der Waals surface area contributed by atoms with Gasteiger partial charge in [0.1, 0.15) is 12.0 Å². The number of hydrogen-bond acceptors (Lipinski definition) is 5. The molecular formula is C15H23Cl2N3O2S. The summed E-state index contributed by atoms with van der Waals surface area (Å²) in [5, 5.41) is 1.10. The lowest BCUT2D eigenvalue weighted by atomic mass is 10.2. The number of hydrogen-bond donors (Lipinski definition) is 1. The van der Waals surface area contributed by atoms with E-state index < -0.39 is 0 Å². The molecule has 2 heterocycles. The topological polar surface area (TPSA) is 72.4 Å². The van der Waals surface area contributed by atoms with Gasteiger partial charge in [-0.1, -0.05) is 6.92 Å². The predicted molar refractivity (Wildman–Crippen MR) is 97.8 cm³/mol. The number of nitrogens with two attached hydrogens (primary N) is 1. The Hall–Kier alpha value is -1.08. The summed E-state index contributed by atoms with van der Waals surface area (Å²) in [6, 6.07) is 1.68. The van der Waals surface area contributed by atoms with E-state index in [0.29, 0.717) is 17.9 Å². The van der Waals surface area contributed by atoms with E-state index >= 15 is 0 Å². The number of aromatic nitrogens is 1. The van der Waals surface area contributed by atoms with Crippen LogP contribution in [-0.4, -0.2) is 22.8 Å². The molecule has 2 rings (SSSR count). The van der Waals surface area contributed by atoms with Gasteiger partial charge in [-0.15, -0.1) is 36.2 Å². The van der Waals surface area contributed by atoms with E-state index in [-0.39, 0.29) is 36.8 Å². The monoisotopic (exact) mass is 379 g/mol. The number of halogens is 2. The smallest absolute Gasteiger partial charge is 0.257 e. The molecule has 0 fully saturated rings. The molecule has 2 aromatic heterocycles. The van der Waals surface area contributed by atoms with Crippen molar-refractivity contribution >= 4 is 42.1 Å². The summed E-state index contributed by atoms with van der Waals surface area (Å²) in [4.78, 5) is 19.9. The van der Waals surface area contributed by atoms with E-state index in [1.54, 1.807) is 29.4 Å². The van der Waals surface area contributed by atoms with E-state index in [1.165, 1.54) is 6.26 Å². The van der Waals surface area contributed by atoms with E-state index in [2.05, 4.69) is 11.9 Å². The van der Waals surface area contributed by atoms with Gasteiger partial charge in [-0.05, 0) is 26.3 Å². The minimum absolute atomic E-state index is 0. The highest BCUT2D eigenvalue weighted by molar-refractivity contribution is 7.11. The molecule has 0 aliphatic rings. The molecule has 0 spiro atoms. The third-order valence-corrected chi connectivity index (χ3v) is 5.03. The van der Waals surface area contributed by atoms with Crippen molar-refractivity contribution in [1.82, 2.24) is 9.88 Å². The van der Waals surface area contributed by atoms with E-state index in [0.717, 1.165) is 22.0 Å². The highest BCUT2D eigenvalue weighted by Crippen LogP contribution is 2.29. The fourth-order valence-electron chi connectivity index (χ4n) is 2.16. The maximum absolute atomic E-state index is 12.5. The summed E-state index contributed by atoms with van der Waals surface area (Å²) < 4.78 is 5.23. The van der Waals surface area contributed by atoms with Crippen LogP contribution in [0.3, 0.4) is 0 Å². The van der Waals surface area contributed by atoms with Crippen LogP contribution >= 0.6 is 36.2 Å². The number of furan rings is 1. The van der Waals surface area contributed by atoms with Gasteiger partial charge in [0.2, 0.25) is 0 Å². The van der Waals surface area contributed by atoms with Crippen LogP contribution < -0.4 is 5.73 Å². The molecule has 0 saturated carbocycles. The van der Waals surface area contributed by atoms with Crippen molar-refractivity contribution in [2.75, 3.05) is 7.05 Å². The van der Waals surface area contributed by atoms with Crippen molar-refractivity contribution in [2.24, 2.45) is 5.73 Å². The number of carbonyl (C=O) groups excluding carboxylic acids is 1. The van der Waals surface area contributed by atoms with Crippen LogP contribution in [0.4, 0.5) is 0 Å². The lowest BCUT2D eigenvalue weighted by Crippen LogP contribution is -2.29. The van der Waals surface area contributed by atoms with E-state index in [4.69, 9.17) is 10.2 Å². The molecule has 23 heavy (non-hydrogen) atoms. The maximum Gasteiger partial charge on any atom is 0.257 e. The maximum atomic E-state index is 12.5. The second-order valence-corrected chi connectivity index (χ2v) is 6.12. The quantitative estimate of drug-likeness (QED) is 0.858. The van der Waals surface area contributed by atoms with Gasteiger partial charge in [0.25, 0.3) is 5.91 Å². The normalized spacial score (nSPS) is 11.3. The van der Waals surface area contributed by atoms with Crippen LogP contribution in [0.15, 0.2) is 16.7 Å². The van der Waals surface area contributed by atoms with Crippen LogP contribution in [0.5, 0.6) is 0 Å². The minimum atomic E-state index is -0.0724. The van der Waals surface area contributed by atoms with Gasteiger partial charge in [0.05, 0.1) is 28.9 Å². The number of thiazole rings is 1. The molecule has 0 aromatic carbocycles. The second kappa shape index (κ2) is 9.27. The van der Waals surface area contributed by atoms with Crippen LogP contribution in [0.25, 0.3) is 0 Å². The lowest BCUT2D eigenvalue weighted by molar-refractivity contribution is 0.0744. The number of rotatable bonds is 5. The molecule has 0 aliphatic heterocycles. The minimum Gasteiger partial charge on any atom is -0.467 e. The SMILES string of the molecule is CCc1nc(C)c(C(C)N(C)C(=O)c2coc(CN)c2)s1.Cl.Cl. The van der Waals surface area contributed by atoms with Gasteiger partial charge in [0, 0.05) is 11.9 Å². The van der Waals surface area contributed by atoms with Crippen molar-refractivity contribution in [1.29, 1.82) is 0 Å². The molecule has 8 heteroatoms. The summed E-state index contributed by atoms with van der Waals surface area (Å²) >= 11 is 1.67. The number of aryl methyl sites for hydroxylation is 2. The van der Waals surface area contributed by atoms with Crippen molar-refractivity contribution in [3.8, 4) is 0 Å². The van der Waals surface area contributed by atoms with E-state index in [1.807, 2.05) is 13.8 Å². The first-order valence-electron chi connectivity index (χ1n) is 6.98. The number of carbonyl (C=O) groups is 1. The number of nitrogens with zero attached hydrogens (tertiary/aromatic N) is 2. The van der Waals surface area contributed by atoms with Crippen LogP contribution in [0, 0.1) is 6.92 Å². The molecule has 1 unspecified atom stereocenters. The van der Waals surface area contributed by atoms with Gasteiger partial charge in [-0.25, -0.2) is 4.98 Å². The Labute approximate surface area is 153 Å². The van der Waals surface area contributed by atoms with Gasteiger partial charge in [-0.3, -0.25) is 4.79 Å². The Morgan fingerprint density at radius 1 is 1.48 bits per heavy atom. The lowest BCUT2D eigenvalue weighted by Gasteiger charge is -2.23. The Kier molecular flexibility index (Phi) is 8.84. The highest BCUT2D eigenvalue weighted by Gasteiger charge is 2.23. The van der Waals surface area contributed by atoms with Gasteiger partial charge in [-0.2, -0.15) is 0 Å². The summed E-state index contributed by atoms with van der Waals surface area (Å²) in [7, 11) is 1.80. The summed E-state index contributed by atoms with van der Waals surface area (Å²) in [6.07, 6.45) is 2.38. The average Bonchev–Trinajstić information content (AvgIpc) is 3.11. The van der Waals surface area contributed by atoms with Crippen molar-refractivity contribution in [3.63, 3.8) is 0 Å². The summed E-state index contributed by atoms with van der Waals surface area (Å²) in [5.74, 6) is 0.540. The summed E-state index contributed by atoms with van der Waals surface area (Å²) in [6.45, 7) is 6.38. The predicted octanol–water partition coefficient (Wildman–Crippen LogP) is 3.74. The first kappa shape index (κ1) is 21.9.